The van der Waals surface area contributed by atoms with Crippen LogP contribution in [-0.4, -0.2) is 34.9 Å². The first-order chi connectivity index (χ1) is 6.97. The van der Waals surface area contributed by atoms with Crippen molar-refractivity contribution in [2.45, 2.75) is 38.8 Å². The summed E-state index contributed by atoms with van der Waals surface area (Å²) in [6, 6.07) is -0.796. The molecule has 1 atom stereocenters. The summed E-state index contributed by atoms with van der Waals surface area (Å²) in [7, 11) is 0. The van der Waals surface area contributed by atoms with E-state index in [0.717, 1.165) is 6.21 Å². The molecule has 0 aliphatic carbocycles. The zero-order valence-corrected chi connectivity index (χ0v) is 8.90. The highest BCUT2D eigenvalue weighted by Crippen LogP contribution is 1.99. The molecule has 0 aromatic heterocycles. The average molecular weight is 214 g/mol. The van der Waals surface area contributed by atoms with Gasteiger partial charge in [-0.25, -0.2) is 0 Å². The molecule has 0 unspecified atom stereocenters. The zero-order valence-electron chi connectivity index (χ0n) is 8.90. The molecule has 0 spiro atoms. The van der Waals surface area contributed by atoms with Crippen LogP contribution >= 0.6 is 0 Å². The molecule has 0 heterocycles. The normalized spacial score (nSPS) is 11.7. The van der Waals surface area contributed by atoms with Gasteiger partial charge in [0.2, 0.25) is 5.78 Å². The largest absolute Gasteiger partial charge is 0.462 e. The van der Waals surface area contributed by atoms with Crippen molar-refractivity contribution in [3.8, 4) is 0 Å². The number of nitrogens with two attached hydrogens (primary N) is 1. The van der Waals surface area contributed by atoms with Crippen molar-refractivity contribution in [3.05, 3.63) is 0 Å². The number of Topliss-reactive ketones (excluding diaryl/α,β-unsaturated/α-hetero) is 1. The van der Waals surface area contributed by atoms with Crippen molar-refractivity contribution in [2.24, 2.45) is 5.73 Å². The molecule has 0 fully saturated rings. The summed E-state index contributed by atoms with van der Waals surface area (Å²) in [5, 5.41) is 0. The molecule has 0 radical (unpaired) electrons. The van der Waals surface area contributed by atoms with E-state index in [-0.39, 0.29) is 24.7 Å². The summed E-state index contributed by atoms with van der Waals surface area (Å²) < 4.78 is 4.86. The highest BCUT2D eigenvalue weighted by molar-refractivity contribution is 6.25. The lowest BCUT2D eigenvalue weighted by Crippen LogP contribution is -2.34. The second-order valence-electron chi connectivity index (χ2n) is 3.36. The number of rotatable bonds is 6. The van der Waals surface area contributed by atoms with Crippen LogP contribution in [0.3, 0.4) is 0 Å². The van der Waals surface area contributed by atoms with Gasteiger partial charge in [0.15, 0.2) is 0 Å². The molecule has 0 rings (SSSR count). The molecule has 6 nitrogen and oxygen atoms in total. The van der Waals surface area contributed by atoms with Crippen LogP contribution in [0, 0.1) is 5.53 Å². The van der Waals surface area contributed by atoms with Gasteiger partial charge in [-0.1, -0.05) is 0 Å². The molecule has 6 heteroatoms. The van der Waals surface area contributed by atoms with Crippen LogP contribution in [0.2, 0.25) is 0 Å². The van der Waals surface area contributed by atoms with E-state index >= 15 is 0 Å². The molecule has 84 valence electrons. The second kappa shape index (κ2) is 6.86. The Labute approximate surface area is 88.0 Å². The van der Waals surface area contributed by atoms with E-state index in [1.165, 1.54) is 0 Å². The lowest BCUT2D eigenvalue weighted by atomic mass is 10.1. The lowest BCUT2D eigenvalue weighted by Gasteiger charge is -2.12. The van der Waals surface area contributed by atoms with Crippen LogP contribution in [0.1, 0.15) is 26.7 Å². The van der Waals surface area contributed by atoms with Crippen LogP contribution in [0.5, 0.6) is 0 Å². The Morgan fingerprint density at radius 1 is 1.53 bits per heavy atom. The topological polar surface area (TPSA) is 107 Å². The summed E-state index contributed by atoms with van der Waals surface area (Å²) in [5.41, 5.74) is 11.9. The van der Waals surface area contributed by atoms with E-state index in [2.05, 4.69) is 4.79 Å². The van der Waals surface area contributed by atoms with Crippen LogP contribution in [0.25, 0.3) is 0 Å². The Hall–Kier alpha value is -1.52. The third-order valence-electron chi connectivity index (χ3n) is 1.56. The predicted molar refractivity (Wildman–Crippen MR) is 52.5 cm³/mol. The minimum absolute atomic E-state index is 0.0940. The molecule has 0 saturated carbocycles. The Bertz CT molecular complexity index is 282. The van der Waals surface area contributed by atoms with Gasteiger partial charge in [0.25, 0.3) is 0 Å². The van der Waals surface area contributed by atoms with E-state index in [1.807, 2.05) is 0 Å². The van der Waals surface area contributed by atoms with E-state index in [1.54, 1.807) is 13.8 Å². The molecule has 0 saturated heterocycles. The number of carbonyl (C=O) groups excluding carboxylic acids is 2. The van der Waals surface area contributed by atoms with Gasteiger partial charge in [0.05, 0.1) is 16.4 Å². The Balaban J connectivity index is 3.92. The van der Waals surface area contributed by atoms with Crippen LogP contribution in [0.4, 0.5) is 0 Å². The minimum atomic E-state index is -0.796. The molecule has 0 aliphatic rings. The maximum absolute atomic E-state index is 11.2. The number of hydrogen-bond donors (Lipinski definition) is 2. The molecule has 0 amide bonds. The van der Waals surface area contributed by atoms with Crippen molar-refractivity contribution in [2.75, 3.05) is 0 Å². The summed E-state index contributed by atoms with van der Waals surface area (Å²) in [6.07, 6.45) is 0.974. The van der Waals surface area contributed by atoms with Gasteiger partial charge >= 0.3 is 12.2 Å². The Morgan fingerprint density at radius 2 is 2.13 bits per heavy atom. The highest BCUT2D eigenvalue weighted by Gasteiger charge is 2.18. The number of nitrogens with one attached hydrogen (secondary N) is 1. The highest BCUT2D eigenvalue weighted by atomic mass is 16.5. The number of esters is 1. The van der Waals surface area contributed by atoms with Crippen LogP contribution < -0.4 is 5.73 Å². The van der Waals surface area contributed by atoms with E-state index in [0.29, 0.717) is 0 Å². The minimum Gasteiger partial charge on any atom is -0.462 e. The van der Waals surface area contributed by atoms with Gasteiger partial charge in [-0.05, 0) is 20.3 Å². The van der Waals surface area contributed by atoms with E-state index < -0.39 is 12.0 Å². The van der Waals surface area contributed by atoms with Gasteiger partial charge < -0.3 is 10.5 Å². The second-order valence-corrected chi connectivity index (χ2v) is 3.36. The van der Waals surface area contributed by atoms with Gasteiger partial charge in [-0.15, -0.1) is 0 Å². The Morgan fingerprint density at radius 3 is 2.60 bits per heavy atom. The van der Waals surface area contributed by atoms with Crippen LogP contribution in [0.15, 0.2) is 0 Å². The lowest BCUT2D eigenvalue weighted by molar-refractivity contribution is -0.149. The fourth-order valence-corrected chi connectivity index (χ4v) is 0.872. The number of ether oxygens (including phenoxy) is 1. The molecule has 15 heavy (non-hydrogen) atoms. The number of hydrogen-bond acceptors (Lipinski definition) is 5. The van der Waals surface area contributed by atoms with E-state index in [9.17, 15) is 9.59 Å². The average Bonchev–Trinajstić information content (AvgIpc) is 2.13. The van der Waals surface area contributed by atoms with Crippen LogP contribution in [-0.2, 0) is 14.3 Å². The van der Waals surface area contributed by atoms with Crippen molar-refractivity contribution < 1.29 is 19.1 Å². The zero-order chi connectivity index (χ0) is 11.8. The molecule has 0 bridgehead atoms. The molecule has 0 aliphatic heterocycles. The number of nitrogens with zero attached hydrogens (tertiary/aromatic N) is 1. The first kappa shape index (κ1) is 13.5. The maximum atomic E-state index is 11.2. The SMILES string of the molecule is CC(C)OC(=O)[C@@H](N)CCC(=O)C=[N+]=N. The third kappa shape index (κ3) is 6.54. The third-order valence-corrected chi connectivity index (χ3v) is 1.56. The van der Waals surface area contributed by atoms with Crippen molar-refractivity contribution >= 4 is 18.0 Å². The standard InChI is InChI=1S/C9H16N3O3/c1-6(2)15-9(14)8(10)4-3-7(13)5-12-11/h5-6,8,11H,3-4,10H2,1-2H3/q+1/t8-/m0/s1. The molecular weight excluding hydrogens is 198 g/mol. The summed E-state index contributed by atoms with van der Waals surface area (Å²) in [6.45, 7) is 3.45. The summed E-state index contributed by atoms with van der Waals surface area (Å²) >= 11 is 0. The Kier molecular flexibility index (Phi) is 6.17. The fraction of sp³-hybridized carbons (Fsp3) is 0.667. The number of ketones is 1. The summed E-state index contributed by atoms with van der Waals surface area (Å²) in [5.74, 6) is -0.835. The summed E-state index contributed by atoms with van der Waals surface area (Å²) in [4.78, 5) is 24.9. The van der Waals surface area contributed by atoms with Crippen molar-refractivity contribution in [3.63, 3.8) is 0 Å². The molecule has 3 N–H and O–H groups in total. The van der Waals surface area contributed by atoms with Gasteiger partial charge in [0, 0.05) is 6.42 Å². The van der Waals surface area contributed by atoms with Gasteiger partial charge in [-0.2, -0.15) is 0 Å². The molecule has 0 aromatic carbocycles. The first-order valence-corrected chi connectivity index (χ1v) is 4.66. The quantitative estimate of drug-likeness (QED) is 0.279. The smallest absolute Gasteiger partial charge is 0.372 e. The molecule has 0 aromatic rings. The van der Waals surface area contributed by atoms with Crippen molar-refractivity contribution in [1.82, 2.24) is 0 Å². The van der Waals surface area contributed by atoms with E-state index in [4.69, 9.17) is 16.0 Å². The number of carbonyl (C=O) groups is 2. The molecular formula is C9H16N3O3+. The van der Waals surface area contributed by atoms with Gasteiger partial charge in [0.1, 0.15) is 6.04 Å². The maximum Gasteiger partial charge on any atom is 0.372 e. The van der Waals surface area contributed by atoms with Gasteiger partial charge in [-0.3, -0.25) is 9.59 Å². The monoisotopic (exact) mass is 214 g/mol. The fourth-order valence-electron chi connectivity index (χ4n) is 0.872. The first-order valence-electron chi connectivity index (χ1n) is 4.66. The predicted octanol–water partition coefficient (Wildman–Crippen LogP) is -0.0754. The van der Waals surface area contributed by atoms with Crippen molar-refractivity contribution in [1.29, 1.82) is 5.53 Å².